The maximum absolute atomic E-state index is 10.6. The maximum Gasteiger partial charge on any atom is 0.124 e. The van der Waals surface area contributed by atoms with Gasteiger partial charge in [0.1, 0.15) is 23.0 Å². The zero-order valence-corrected chi connectivity index (χ0v) is 20.5. The van der Waals surface area contributed by atoms with E-state index < -0.39 is 5.41 Å². The first-order valence-corrected chi connectivity index (χ1v) is 12.8. The molecule has 180 valence electrons. The molecule has 1 aliphatic carbocycles. The molecule has 3 aromatic rings. The van der Waals surface area contributed by atoms with Gasteiger partial charge in [0, 0.05) is 24.7 Å². The molecule has 1 aliphatic heterocycles. The van der Waals surface area contributed by atoms with Crippen LogP contribution in [0.5, 0.6) is 11.5 Å². The van der Waals surface area contributed by atoms with Crippen LogP contribution in [-0.4, -0.2) is 36.7 Å². The van der Waals surface area contributed by atoms with E-state index in [0.29, 0.717) is 0 Å². The quantitative estimate of drug-likeness (QED) is 0.368. The van der Waals surface area contributed by atoms with Crippen LogP contribution in [0.3, 0.4) is 0 Å². The Morgan fingerprint density at radius 3 is 2.06 bits per heavy atom. The predicted molar refractivity (Wildman–Crippen MR) is 139 cm³/mol. The molecule has 3 aromatic carbocycles. The lowest BCUT2D eigenvalue weighted by Crippen LogP contribution is -2.63. The standard InChI is InChI=1S/C31H34N2O2/c1-34-27-15-10-16-28(21-27)35-29-22-33(23-29)30(17-8-9-18-30)19-20-31(24-32,25-11-4-2-5-12-25)26-13-6-3-7-14-26/h2-7,10-16,21,29H,8-9,17-20,22-23H2,1H3. The van der Waals surface area contributed by atoms with Crippen LogP contribution in [-0.2, 0) is 5.41 Å². The Bertz CT molecular complexity index is 1100. The Hall–Kier alpha value is -3.29. The van der Waals surface area contributed by atoms with Crippen LogP contribution < -0.4 is 9.47 Å². The van der Waals surface area contributed by atoms with Gasteiger partial charge in [-0.05, 0) is 48.9 Å². The lowest BCUT2D eigenvalue weighted by atomic mass is 9.69. The number of nitriles is 1. The molecular formula is C31H34N2O2. The Balaban J connectivity index is 1.33. The average molecular weight is 467 g/mol. The van der Waals surface area contributed by atoms with Gasteiger partial charge in [0.15, 0.2) is 0 Å². The summed E-state index contributed by atoms with van der Waals surface area (Å²) >= 11 is 0. The van der Waals surface area contributed by atoms with E-state index in [1.165, 1.54) is 25.7 Å². The number of rotatable bonds is 9. The van der Waals surface area contributed by atoms with Gasteiger partial charge in [0.05, 0.1) is 13.2 Å². The van der Waals surface area contributed by atoms with Gasteiger partial charge in [-0.25, -0.2) is 0 Å². The summed E-state index contributed by atoms with van der Waals surface area (Å²) in [7, 11) is 1.68. The molecular weight excluding hydrogens is 432 g/mol. The van der Waals surface area contributed by atoms with Gasteiger partial charge >= 0.3 is 0 Å². The van der Waals surface area contributed by atoms with Crippen molar-refractivity contribution in [3.8, 4) is 17.6 Å². The van der Waals surface area contributed by atoms with Crippen molar-refractivity contribution in [3.05, 3.63) is 96.1 Å². The number of likely N-dealkylation sites (tertiary alicyclic amines) is 1. The summed E-state index contributed by atoms with van der Waals surface area (Å²) in [6.07, 6.45) is 6.94. The largest absolute Gasteiger partial charge is 0.497 e. The van der Waals surface area contributed by atoms with Gasteiger partial charge in [-0.1, -0.05) is 79.6 Å². The second-order valence-electron chi connectivity index (χ2n) is 10.0. The Kier molecular flexibility index (Phi) is 6.79. The minimum atomic E-state index is -0.639. The summed E-state index contributed by atoms with van der Waals surface area (Å²) in [5, 5.41) is 10.6. The molecule has 5 rings (SSSR count). The summed E-state index contributed by atoms with van der Waals surface area (Å²) in [6, 6.07) is 31.3. The third kappa shape index (κ3) is 4.66. The molecule has 0 atom stereocenters. The zero-order chi connectivity index (χ0) is 24.1. The van der Waals surface area contributed by atoms with Crippen molar-refractivity contribution < 1.29 is 9.47 Å². The first kappa shape index (κ1) is 23.5. The molecule has 0 unspecified atom stereocenters. The molecule has 4 heteroatoms. The number of hydrogen-bond acceptors (Lipinski definition) is 4. The summed E-state index contributed by atoms with van der Waals surface area (Å²) < 4.78 is 11.6. The van der Waals surface area contributed by atoms with Crippen LogP contribution in [0.2, 0.25) is 0 Å². The highest BCUT2D eigenvalue weighted by Gasteiger charge is 2.48. The molecule has 2 fully saturated rings. The van der Waals surface area contributed by atoms with Gasteiger partial charge in [-0.15, -0.1) is 0 Å². The van der Waals surface area contributed by atoms with Crippen LogP contribution in [0.4, 0.5) is 0 Å². The summed E-state index contributed by atoms with van der Waals surface area (Å²) in [4.78, 5) is 2.63. The van der Waals surface area contributed by atoms with E-state index in [9.17, 15) is 5.26 Å². The number of benzene rings is 3. The van der Waals surface area contributed by atoms with Gasteiger partial charge < -0.3 is 9.47 Å². The van der Waals surface area contributed by atoms with Crippen molar-refractivity contribution in [2.45, 2.75) is 55.6 Å². The molecule has 0 radical (unpaired) electrons. The Morgan fingerprint density at radius 2 is 1.49 bits per heavy atom. The fourth-order valence-corrected chi connectivity index (χ4v) is 6.03. The lowest BCUT2D eigenvalue weighted by molar-refractivity contribution is -0.0589. The van der Waals surface area contributed by atoms with Gasteiger partial charge in [-0.2, -0.15) is 5.26 Å². The lowest BCUT2D eigenvalue weighted by Gasteiger charge is -2.51. The van der Waals surface area contributed by atoms with Gasteiger partial charge in [0.25, 0.3) is 0 Å². The van der Waals surface area contributed by atoms with Crippen LogP contribution in [0.25, 0.3) is 0 Å². The minimum Gasteiger partial charge on any atom is -0.497 e. The third-order valence-electron chi connectivity index (χ3n) is 8.09. The topological polar surface area (TPSA) is 45.5 Å². The summed E-state index contributed by atoms with van der Waals surface area (Å²) in [5.41, 5.74) is 1.69. The summed E-state index contributed by atoms with van der Waals surface area (Å²) in [5.74, 6) is 1.69. The molecule has 1 heterocycles. The Morgan fingerprint density at radius 1 is 0.886 bits per heavy atom. The molecule has 35 heavy (non-hydrogen) atoms. The first-order valence-electron chi connectivity index (χ1n) is 12.8. The molecule has 1 saturated carbocycles. The van der Waals surface area contributed by atoms with Crippen LogP contribution in [0.15, 0.2) is 84.9 Å². The number of ether oxygens (including phenoxy) is 2. The summed E-state index contributed by atoms with van der Waals surface area (Å²) in [6.45, 7) is 1.88. The molecule has 0 spiro atoms. The van der Waals surface area contributed by atoms with E-state index in [1.54, 1.807) is 7.11 Å². The van der Waals surface area contributed by atoms with Crippen molar-refractivity contribution >= 4 is 0 Å². The number of methoxy groups -OCH3 is 1. The van der Waals surface area contributed by atoms with Crippen LogP contribution in [0, 0.1) is 11.3 Å². The fraction of sp³-hybridized carbons (Fsp3) is 0.387. The zero-order valence-electron chi connectivity index (χ0n) is 20.5. The minimum absolute atomic E-state index is 0.153. The highest BCUT2D eigenvalue weighted by molar-refractivity contribution is 5.46. The smallest absolute Gasteiger partial charge is 0.124 e. The van der Waals surface area contributed by atoms with Crippen LogP contribution in [0.1, 0.15) is 49.7 Å². The molecule has 0 bridgehead atoms. The molecule has 4 nitrogen and oxygen atoms in total. The molecule has 1 saturated heterocycles. The van der Waals surface area contributed by atoms with Crippen molar-refractivity contribution in [1.82, 2.24) is 4.90 Å². The second kappa shape index (κ2) is 10.1. The fourth-order valence-electron chi connectivity index (χ4n) is 6.03. The second-order valence-corrected chi connectivity index (χ2v) is 10.0. The van der Waals surface area contributed by atoms with Gasteiger partial charge in [0.2, 0.25) is 0 Å². The van der Waals surface area contributed by atoms with Crippen LogP contribution >= 0.6 is 0 Å². The van der Waals surface area contributed by atoms with E-state index in [4.69, 9.17) is 9.47 Å². The molecule has 2 aliphatic rings. The van der Waals surface area contributed by atoms with E-state index in [0.717, 1.165) is 48.6 Å². The van der Waals surface area contributed by atoms with E-state index in [1.807, 2.05) is 60.7 Å². The molecule has 0 N–H and O–H groups in total. The van der Waals surface area contributed by atoms with Crippen molar-refractivity contribution in [2.75, 3.05) is 20.2 Å². The monoisotopic (exact) mass is 466 g/mol. The normalized spacial score (nSPS) is 17.9. The highest BCUT2D eigenvalue weighted by atomic mass is 16.5. The number of nitrogens with zero attached hydrogens (tertiary/aromatic N) is 2. The Labute approximate surface area is 209 Å². The van der Waals surface area contributed by atoms with Crippen molar-refractivity contribution in [2.24, 2.45) is 0 Å². The highest BCUT2D eigenvalue weighted by Crippen LogP contribution is 2.46. The van der Waals surface area contributed by atoms with Gasteiger partial charge in [-0.3, -0.25) is 4.90 Å². The molecule has 0 amide bonds. The SMILES string of the molecule is COc1cccc(OC2CN(C3(CCC(C#N)(c4ccccc4)c4ccccc4)CCCC3)C2)c1. The van der Waals surface area contributed by atoms with E-state index >= 15 is 0 Å². The average Bonchev–Trinajstić information content (AvgIpc) is 3.37. The number of hydrogen-bond donors (Lipinski definition) is 0. The van der Waals surface area contributed by atoms with Crippen molar-refractivity contribution in [3.63, 3.8) is 0 Å². The maximum atomic E-state index is 10.6. The third-order valence-corrected chi connectivity index (χ3v) is 8.09. The molecule has 0 aromatic heterocycles. The predicted octanol–water partition coefficient (Wildman–Crippen LogP) is 6.36. The van der Waals surface area contributed by atoms with Crippen molar-refractivity contribution in [1.29, 1.82) is 5.26 Å². The van der Waals surface area contributed by atoms with E-state index in [2.05, 4.69) is 35.2 Å². The first-order chi connectivity index (χ1) is 17.2. The van der Waals surface area contributed by atoms with E-state index in [-0.39, 0.29) is 11.6 Å².